The molecule has 12 bridgehead atoms. The molecule has 360 valence electrons. The predicted octanol–water partition coefficient (Wildman–Crippen LogP) is 0.674. The van der Waals surface area contributed by atoms with Gasteiger partial charge in [-0.1, -0.05) is 0 Å². The van der Waals surface area contributed by atoms with Crippen LogP contribution in [0.15, 0.2) is 59.0 Å². The Morgan fingerprint density at radius 1 is 0.500 bits per heavy atom. The average Bonchev–Trinajstić information content (AvgIpc) is 4.14. The number of nitrogens with one attached hydrogen (secondary N) is 2. The number of rotatable bonds is 16. The number of aromatic nitrogens is 6. The number of nitrogens with zero attached hydrogens (tertiary/aromatic N) is 10. The largest absolute Gasteiger partial charge is 0.443 e. The third-order valence-electron chi connectivity index (χ3n) is 10.2. The highest BCUT2D eigenvalue weighted by atomic mass is 16.4. The highest BCUT2D eigenvalue weighted by Gasteiger charge is 2.32. The molecule has 0 fully saturated rings. The van der Waals surface area contributed by atoms with Crippen LogP contribution in [0.5, 0.6) is 0 Å². The number of fused-ring (bicyclic) bond motifs is 16. The number of amides is 2. The van der Waals surface area contributed by atoms with Crippen molar-refractivity contribution in [3.05, 3.63) is 58.7 Å². The summed E-state index contributed by atoms with van der Waals surface area (Å²) in [6, 6.07) is -1.63. The second-order valence-corrected chi connectivity index (χ2v) is 15.3. The molecule has 0 aliphatic carbocycles. The first-order valence-electron chi connectivity index (χ1n) is 21.3. The molecule has 2 atom stereocenters. The molecule has 28 nitrogen and oxygen atoms in total. The highest BCUT2D eigenvalue weighted by Crippen LogP contribution is 2.35. The fourth-order valence-corrected chi connectivity index (χ4v) is 6.97. The van der Waals surface area contributed by atoms with Crippen LogP contribution < -0.4 is 56.5 Å². The van der Waals surface area contributed by atoms with Gasteiger partial charge >= 0.3 is 0 Å². The number of hydrogen-bond acceptors (Lipinski definition) is 18. The minimum Gasteiger partial charge on any atom is -0.443 e. The topological polar surface area (TPSA) is 472 Å². The van der Waals surface area contributed by atoms with Crippen LogP contribution in [0.2, 0.25) is 0 Å². The van der Waals surface area contributed by atoms with E-state index >= 15 is 0 Å². The molecule has 7 heterocycles. The Balaban J connectivity index is 1.33. The molecule has 0 saturated carbocycles. The summed E-state index contributed by atoms with van der Waals surface area (Å²) in [6.07, 6.45) is 5.48. The Bertz CT molecular complexity index is 2650. The van der Waals surface area contributed by atoms with Gasteiger partial charge in [0.2, 0.25) is 35.3 Å². The molecule has 0 unspecified atom stereocenters. The maximum absolute atomic E-state index is 14.0. The van der Waals surface area contributed by atoms with Gasteiger partial charge in [-0.3, -0.25) is 29.6 Å². The lowest BCUT2D eigenvalue weighted by atomic mass is 10.1. The summed E-state index contributed by atoms with van der Waals surface area (Å²) in [6.45, 7) is 4.22. The van der Waals surface area contributed by atoms with E-state index in [0.717, 1.165) is 0 Å². The summed E-state index contributed by atoms with van der Waals surface area (Å²) < 4.78 is 36.5. The first-order valence-corrected chi connectivity index (χ1v) is 21.3. The molecular weight excluding hydrogens is 889 g/mol. The molecule has 6 aromatic heterocycles. The van der Waals surface area contributed by atoms with E-state index in [1.54, 1.807) is 13.8 Å². The standard InChI is InChI=1S/C40H52N20O8/c1-17-25-35-59-27(23(67-35)9-13-51-39(45)46)33-55-22(16-63-33)30(62)54-20(8-4-6-12-50-38(43)44)32-58-26(18(2)66-32)36-60-28(24(68-36)10-14-52-40(47)48)34-56-21(15-64-34)29(61)53-19(31(57-25)65-17)7-3-5-11-49-37(41)42/h15-16,19-20H,3-14H2,1-2H3,(H,53,61)(H,54,62)(H4,41,42,49)(H4,43,44,50)(H4,45,46,51)(H4,47,48,52)/t19-,20-/m0/s1. The zero-order valence-electron chi connectivity index (χ0n) is 37.2. The molecule has 18 N–H and O–H groups in total. The van der Waals surface area contributed by atoms with E-state index in [-0.39, 0.29) is 131 Å². The number of unbranched alkanes of at least 4 members (excludes halogenated alkanes) is 2. The van der Waals surface area contributed by atoms with Crippen molar-refractivity contribution >= 4 is 35.7 Å². The second kappa shape index (κ2) is 21.1. The van der Waals surface area contributed by atoms with Crippen LogP contribution in [0, 0.1) is 13.8 Å². The van der Waals surface area contributed by atoms with Crippen molar-refractivity contribution in [3.63, 3.8) is 0 Å². The number of aryl methyl sites for hydroxylation is 2. The van der Waals surface area contributed by atoms with Gasteiger partial charge in [0, 0.05) is 39.0 Å². The summed E-state index contributed by atoms with van der Waals surface area (Å²) in [5.74, 6) is -0.338. The van der Waals surface area contributed by atoms with Gasteiger partial charge in [-0.15, -0.1) is 0 Å². The third kappa shape index (κ3) is 11.6. The monoisotopic (exact) mass is 940 g/mol. The van der Waals surface area contributed by atoms with Crippen LogP contribution >= 0.6 is 0 Å². The Morgan fingerprint density at radius 2 is 0.882 bits per heavy atom. The van der Waals surface area contributed by atoms with E-state index in [0.29, 0.717) is 63.1 Å². The van der Waals surface area contributed by atoms with Crippen LogP contribution in [-0.4, -0.2) is 91.7 Å². The van der Waals surface area contributed by atoms with Crippen molar-refractivity contribution in [2.75, 3.05) is 26.2 Å². The number of oxazole rings is 6. The van der Waals surface area contributed by atoms with Crippen LogP contribution in [0.4, 0.5) is 0 Å². The van der Waals surface area contributed by atoms with Crippen LogP contribution in [0.25, 0.3) is 46.3 Å². The third-order valence-corrected chi connectivity index (χ3v) is 10.2. The minimum atomic E-state index is -0.816. The molecule has 28 heteroatoms. The first-order chi connectivity index (χ1) is 32.6. The van der Waals surface area contributed by atoms with Crippen molar-refractivity contribution < 1.29 is 36.1 Å². The summed E-state index contributed by atoms with van der Waals surface area (Å²) in [5.41, 5.74) is 45.0. The molecule has 6 aromatic rings. The molecule has 0 radical (unpaired) electrons. The Kier molecular flexibility index (Phi) is 14.6. The van der Waals surface area contributed by atoms with Crippen molar-refractivity contribution in [1.29, 1.82) is 0 Å². The molecule has 7 rings (SSSR count). The van der Waals surface area contributed by atoms with Crippen molar-refractivity contribution in [3.8, 4) is 46.3 Å². The van der Waals surface area contributed by atoms with Gasteiger partial charge in [0.05, 0.1) is 0 Å². The second-order valence-electron chi connectivity index (χ2n) is 15.3. The van der Waals surface area contributed by atoms with Gasteiger partial charge < -0.3 is 83.0 Å². The highest BCUT2D eigenvalue weighted by molar-refractivity contribution is 5.93. The van der Waals surface area contributed by atoms with Crippen LogP contribution in [-0.2, 0) is 12.8 Å². The number of aliphatic imine (C=N–C) groups is 4. The fourth-order valence-electron chi connectivity index (χ4n) is 6.97. The van der Waals surface area contributed by atoms with Gasteiger partial charge in [-0.2, -0.15) is 0 Å². The summed E-state index contributed by atoms with van der Waals surface area (Å²) in [7, 11) is 0. The van der Waals surface area contributed by atoms with Crippen LogP contribution in [0.3, 0.4) is 0 Å². The van der Waals surface area contributed by atoms with E-state index in [2.05, 4.69) is 40.6 Å². The van der Waals surface area contributed by atoms with E-state index in [9.17, 15) is 9.59 Å². The minimum absolute atomic E-state index is 0.0170. The van der Waals surface area contributed by atoms with Crippen molar-refractivity contribution in [2.45, 2.75) is 77.3 Å². The van der Waals surface area contributed by atoms with Gasteiger partial charge in [-0.25, -0.2) is 29.9 Å². The predicted molar refractivity (Wildman–Crippen MR) is 243 cm³/mol. The zero-order valence-corrected chi connectivity index (χ0v) is 37.2. The molecular formula is C40H52N20O8. The van der Waals surface area contributed by atoms with E-state index in [1.807, 2.05) is 0 Å². The number of carbonyl (C=O) groups excluding carboxylic acids is 2. The molecule has 0 aromatic carbocycles. The van der Waals surface area contributed by atoms with Crippen molar-refractivity contribution in [1.82, 2.24) is 40.5 Å². The van der Waals surface area contributed by atoms with Gasteiger partial charge in [0.1, 0.15) is 47.7 Å². The molecule has 2 amide bonds. The van der Waals surface area contributed by atoms with Gasteiger partial charge in [0.15, 0.2) is 58.0 Å². The normalized spacial score (nSPS) is 14.6. The lowest BCUT2D eigenvalue weighted by Crippen LogP contribution is -2.29. The number of guanidine groups is 4. The number of hydrogen-bond donors (Lipinski definition) is 10. The molecule has 0 spiro atoms. The summed E-state index contributed by atoms with van der Waals surface area (Å²) in [5, 5.41) is 5.91. The quantitative estimate of drug-likeness (QED) is 0.0362. The lowest BCUT2D eigenvalue weighted by Gasteiger charge is -2.14. The Hall–Kier alpha value is -8.72. The Morgan fingerprint density at radius 3 is 1.26 bits per heavy atom. The van der Waals surface area contributed by atoms with E-state index < -0.39 is 23.9 Å². The van der Waals surface area contributed by atoms with Crippen LogP contribution in [0.1, 0.15) is 106 Å². The van der Waals surface area contributed by atoms with E-state index in [4.69, 9.17) is 92.3 Å². The first kappa shape index (κ1) is 47.2. The summed E-state index contributed by atoms with van der Waals surface area (Å²) in [4.78, 5) is 72.1. The SMILES string of the molecule is Cc1oc2nc1-c1nc(c(CCN=C(N)N)o1)-c1nc(co1)C(=O)N[C@@H](CCCCN=C(N)N)c1nc(c(C)o1)-c1nc(c(CCN=C(N)N)o1)-c1nc(co1)C(=O)N[C@H]2CCCCN=C(N)N. The smallest absolute Gasteiger partial charge is 0.273 e. The Labute approximate surface area is 386 Å². The molecule has 1 aliphatic rings. The molecule has 68 heavy (non-hydrogen) atoms. The maximum Gasteiger partial charge on any atom is 0.273 e. The van der Waals surface area contributed by atoms with Gasteiger partial charge in [-0.05, 0) is 52.4 Å². The average molecular weight is 941 g/mol. The molecule has 0 saturated heterocycles. The fraction of sp³-hybridized carbons (Fsp3) is 0.400. The van der Waals surface area contributed by atoms with Gasteiger partial charge in [0.25, 0.3) is 11.8 Å². The summed E-state index contributed by atoms with van der Waals surface area (Å²) >= 11 is 0. The number of carbonyl (C=O) groups is 2. The lowest BCUT2D eigenvalue weighted by molar-refractivity contribution is 0.0914. The van der Waals surface area contributed by atoms with Crippen molar-refractivity contribution in [2.24, 2.45) is 65.8 Å². The maximum atomic E-state index is 14.0. The molecule has 1 aliphatic heterocycles. The number of nitrogens with two attached hydrogens (primary N) is 8. The van der Waals surface area contributed by atoms with E-state index in [1.165, 1.54) is 12.5 Å². The zero-order chi connectivity index (χ0) is 48.5.